The summed E-state index contributed by atoms with van der Waals surface area (Å²) in [6.45, 7) is 6.17. The van der Waals surface area contributed by atoms with Crippen LogP contribution in [0.3, 0.4) is 0 Å². The van der Waals surface area contributed by atoms with Crippen molar-refractivity contribution in [1.29, 1.82) is 0 Å². The van der Waals surface area contributed by atoms with Crippen molar-refractivity contribution in [2.24, 2.45) is 0 Å². The van der Waals surface area contributed by atoms with Gasteiger partial charge in [0.1, 0.15) is 6.54 Å². The Hall–Kier alpha value is -1.26. The number of unbranched alkanes of at least 4 members (excludes halogenated alkanes) is 1. The summed E-state index contributed by atoms with van der Waals surface area (Å²) in [7, 11) is 0. The van der Waals surface area contributed by atoms with Crippen LogP contribution in [0.25, 0.3) is 0 Å². The minimum absolute atomic E-state index is 0.0577. The molecule has 16 heavy (non-hydrogen) atoms. The van der Waals surface area contributed by atoms with E-state index in [-0.39, 0.29) is 18.6 Å². The third-order valence-electron chi connectivity index (χ3n) is 2.50. The fourth-order valence-corrected chi connectivity index (χ4v) is 1.27. The maximum Gasteiger partial charge on any atom is 0.323 e. The first-order chi connectivity index (χ1) is 7.52. The lowest BCUT2D eigenvalue weighted by atomic mass is 10.2. The number of urea groups is 1. The van der Waals surface area contributed by atoms with Crippen LogP contribution in [0.4, 0.5) is 4.79 Å². The predicted molar refractivity (Wildman–Crippen MR) is 62.4 cm³/mol. The molecule has 0 aromatic heterocycles. The first kappa shape index (κ1) is 14.7. The van der Waals surface area contributed by atoms with Gasteiger partial charge in [0, 0.05) is 12.6 Å². The average molecular weight is 230 g/mol. The minimum Gasteiger partial charge on any atom is -0.480 e. The van der Waals surface area contributed by atoms with E-state index in [9.17, 15) is 9.59 Å². The van der Waals surface area contributed by atoms with Gasteiger partial charge in [0.2, 0.25) is 0 Å². The molecule has 5 nitrogen and oxygen atoms in total. The van der Waals surface area contributed by atoms with Gasteiger partial charge in [-0.15, -0.1) is 0 Å². The molecular weight excluding hydrogens is 208 g/mol. The van der Waals surface area contributed by atoms with Crippen LogP contribution in [0.15, 0.2) is 0 Å². The molecule has 0 bridgehead atoms. The largest absolute Gasteiger partial charge is 0.480 e. The van der Waals surface area contributed by atoms with Crippen LogP contribution >= 0.6 is 0 Å². The van der Waals surface area contributed by atoms with Gasteiger partial charge in [-0.2, -0.15) is 0 Å². The molecule has 1 atom stereocenters. The van der Waals surface area contributed by atoms with Crippen LogP contribution in [0.1, 0.15) is 40.0 Å². The summed E-state index contributed by atoms with van der Waals surface area (Å²) in [5.74, 6) is -0.981. The molecule has 2 amide bonds. The van der Waals surface area contributed by atoms with Gasteiger partial charge in [0.05, 0.1) is 0 Å². The number of nitrogens with one attached hydrogen (secondary N) is 1. The third kappa shape index (κ3) is 5.58. The van der Waals surface area contributed by atoms with E-state index in [1.165, 1.54) is 4.90 Å². The van der Waals surface area contributed by atoms with Gasteiger partial charge in [-0.25, -0.2) is 4.79 Å². The number of rotatable bonds is 7. The summed E-state index contributed by atoms with van der Waals surface area (Å²) in [4.78, 5) is 23.7. The fourth-order valence-electron chi connectivity index (χ4n) is 1.27. The van der Waals surface area contributed by atoms with Crippen LogP contribution in [0, 0.1) is 0 Å². The summed E-state index contributed by atoms with van der Waals surface area (Å²) < 4.78 is 0. The molecule has 5 heteroatoms. The highest BCUT2D eigenvalue weighted by Gasteiger charge is 2.20. The average Bonchev–Trinajstić information content (AvgIpc) is 2.24. The molecule has 0 aliphatic rings. The summed E-state index contributed by atoms with van der Waals surface area (Å²) in [6.07, 6.45) is 2.66. The zero-order valence-electron chi connectivity index (χ0n) is 10.3. The summed E-state index contributed by atoms with van der Waals surface area (Å²) in [5.41, 5.74) is 0. The molecule has 0 heterocycles. The van der Waals surface area contributed by atoms with Crippen molar-refractivity contribution >= 4 is 12.0 Å². The first-order valence-electron chi connectivity index (χ1n) is 5.79. The molecule has 2 N–H and O–H groups in total. The van der Waals surface area contributed by atoms with Crippen LogP contribution in [0.5, 0.6) is 0 Å². The number of hydrogen-bond donors (Lipinski definition) is 2. The number of amides is 2. The van der Waals surface area contributed by atoms with Crippen molar-refractivity contribution in [3.05, 3.63) is 0 Å². The summed E-state index contributed by atoms with van der Waals surface area (Å²) >= 11 is 0. The van der Waals surface area contributed by atoms with Crippen LogP contribution < -0.4 is 5.32 Å². The van der Waals surface area contributed by atoms with Crippen molar-refractivity contribution in [3.63, 3.8) is 0 Å². The predicted octanol–water partition coefficient (Wildman–Crippen LogP) is 1.68. The van der Waals surface area contributed by atoms with E-state index in [1.807, 2.05) is 20.8 Å². The number of carboxylic acids is 1. The van der Waals surface area contributed by atoms with E-state index in [0.29, 0.717) is 6.54 Å². The fraction of sp³-hybridized carbons (Fsp3) is 0.818. The van der Waals surface area contributed by atoms with E-state index < -0.39 is 5.97 Å². The summed E-state index contributed by atoms with van der Waals surface area (Å²) in [6, 6.07) is -0.345. The quantitative estimate of drug-likeness (QED) is 0.654. The van der Waals surface area contributed by atoms with E-state index >= 15 is 0 Å². The van der Waals surface area contributed by atoms with Gasteiger partial charge in [0.15, 0.2) is 0 Å². The molecule has 1 unspecified atom stereocenters. The Labute approximate surface area is 96.8 Å². The van der Waals surface area contributed by atoms with Crippen molar-refractivity contribution in [3.8, 4) is 0 Å². The molecule has 0 aromatic rings. The maximum absolute atomic E-state index is 11.7. The van der Waals surface area contributed by atoms with Crippen LogP contribution in [-0.4, -0.2) is 41.1 Å². The maximum atomic E-state index is 11.7. The standard InChI is InChI=1S/C11H22N2O3/c1-4-6-7-12-11(16)13(8-10(14)15)9(3)5-2/h9H,4-8H2,1-3H3,(H,12,16)(H,14,15). The van der Waals surface area contributed by atoms with Gasteiger partial charge in [0.25, 0.3) is 0 Å². The third-order valence-corrected chi connectivity index (χ3v) is 2.50. The summed E-state index contributed by atoms with van der Waals surface area (Å²) in [5, 5.41) is 11.5. The minimum atomic E-state index is -0.981. The van der Waals surface area contributed by atoms with Gasteiger partial charge >= 0.3 is 12.0 Å². The molecule has 0 fully saturated rings. The van der Waals surface area contributed by atoms with Crippen molar-refractivity contribution in [2.75, 3.05) is 13.1 Å². The van der Waals surface area contributed by atoms with Crippen LogP contribution in [0.2, 0.25) is 0 Å². The first-order valence-corrected chi connectivity index (χ1v) is 5.79. The number of hydrogen-bond acceptors (Lipinski definition) is 2. The Morgan fingerprint density at radius 3 is 2.44 bits per heavy atom. The number of carbonyl (C=O) groups excluding carboxylic acids is 1. The zero-order chi connectivity index (χ0) is 12.6. The Morgan fingerprint density at radius 2 is 2.00 bits per heavy atom. The molecule has 0 aliphatic carbocycles. The van der Waals surface area contributed by atoms with Crippen molar-refractivity contribution in [2.45, 2.75) is 46.1 Å². The van der Waals surface area contributed by atoms with Crippen molar-refractivity contribution in [1.82, 2.24) is 10.2 Å². The molecule has 0 spiro atoms. The Bertz CT molecular complexity index is 231. The lowest BCUT2D eigenvalue weighted by Gasteiger charge is -2.27. The molecule has 94 valence electrons. The Kier molecular flexibility index (Phi) is 7.33. The van der Waals surface area contributed by atoms with Gasteiger partial charge in [-0.3, -0.25) is 4.79 Å². The smallest absolute Gasteiger partial charge is 0.323 e. The normalized spacial score (nSPS) is 11.9. The van der Waals surface area contributed by atoms with E-state index in [1.54, 1.807) is 0 Å². The van der Waals surface area contributed by atoms with Gasteiger partial charge in [-0.1, -0.05) is 20.3 Å². The highest BCUT2D eigenvalue weighted by atomic mass is 16.4. The number of nitrogens with zero attached hydrogens (tertiary/aromatic N) is 1. The SMILES string of the molecule is CCCCNC(=O)N(CC(=O)O)C(C)CC. The molecule has 0 radical (unpaired) electrons. The van der Waals surface area contributed by atoms with E-state index in [2.05, 4.69) is 5.32 Å². The number of carboxylic acid groups (broad SMARTS) is 1. The second-order valence-corrected chi connectivity index (χ2v) is 3.86. The molecule has 0 aliphatic heterocycles. The molecular formula is C11H22N2O3. The van der Waals surface area contributed by atoms with E-state index in [4.69, 9.17) is 5.11 Å². The topological polar surface area (TPSA) is 69.6 Å². The second kappa shape index (κ2) is 7.96. The highest BCUT2D eigenvalue weighted by molar-refractivity contribution is 5.80. The number of aliphatic carboxylic acids is 1. The number of carbonyl (C=O) groups is 2. The van der Waals surface area contributed by atoms with E-state index in [0.717, 1.165) is 19.3 Å². The van der Waals surface area contributed by atoms with Crippen molar-refractivity contribution < 1.29 is 14.7 Å². The molecule has 0 saturated heterocycles. The Morgan fingerprint density at radius 1 is 1.38 bits per heavy atom. The second-order valence-electron chi connectivity index (χ2n) is 3.86. The highest BCUT2D eigenvalue weighted by Crippen LogP contribution is 2.03. The zero-order valence-corrected chi connectivity index (χ0v) is 10.3. The molecule has 0 rings (SSSR count). The Balaban J connectivity index is 4.26. The lowest BCUT2D eigenvalue weighted by Crippen LogP contribution is -2.47. The van der Waals surface area contributed by atoms with Crippen LogP contribution in [-0.2, 0) is 4.79 Å². The lowest BCUT2D eigenvalue weighted by molar-refractivity contribution is -0.138. The monoisotopic (exact) mass is 230 g/mol. The molecule has 0 aromatic carbocycles. The van der Waals surface area contributed by atoms with Gasteiger partial charge in [-0.05, 0) is 19.8 Å². The molecule has 0 saturated carbocycles. The van der Waals surface area contributed by atoms with Gasteiger partial charge < -0.3 is 15.3 Å².